The number of fused-ring (bicyclic) bond motifs is 3. The van der Waals surface area contributed by atoms with E-state index in [1.807, 2.05) is 28.8 Å². The Bertz CT molecular complexity index is 954. The Balaban J connectivity index is 1.79. The molecule has 0 aliphatic carbocycles. The maximum atomic E-state index is 13.7. The fourth-order valence-electron chi connectivity index (χ4n) is 2.81. The van der Waals surface area contributed by atoms with Crippen LogP contribution in [-0.4, -0.2) is 22.0 Å². The molecule has 0 saturated heterocycles. The first-order chi connectivity index (χ1) is 11.1. The van der Waals surface area contributed by atoms with Crippen LogP contribution in [-0.2, 0) is 6.54 Å². The molecule has 0 fully saturated rings. The molecule has 2 heterocycles. The largest absolute Gasteiger partial charge is 0.308 e. The van der Waals surface area contributed by atoms with Crippen LogP contribution in [0.4, 0.5) is 10.3 Å². The predicted molar refractivity (Wildman–Crippen MR) is 87.8 cm³/mol. The van der Waals surface area contributed by atoms with Gasteiger partial charge in [0.05, 0.1) is 26.6 Å². The van der Waals surface area contributed by atoms with Gasteiger partial charge in [0, 0.05) is 13.1 Å². The van der Waals surface area contributed by atoms with E-state index in [2.05, 4.69) is 4.98 Å². The normalized spacial score (nSPS) is 13.6. The smallest absolute Gasteiger partial charge is 0.262 e. The molecule has 0 saturated carbocycles. The van der Waals surface area contributed by atoms with E-state index < -0.39 is 5.82 Å². The summed E-state index contributed by atoms with van der Waals surface area (Å²) in [5.74, 6) is -0.519. The van der Waals surface area contributed by atoms with E-state index in [-0.39, 0.29) is 21.5 Å². The minimum atomic E-state index is -0.674. The van der Waals surface area contributed by atoms with E-state index in [4.69, 9.17) is 23.2 Å². The molecule has 23 heavy (non-hydrogen) atoms. The van der Waals surface area contributed by atoms with Crippen LogP contribution in [0.3, 0.4) is 0 Å². The van der Waals surface area contributed by atoms with Crippen molar-refractivity contribution >= 4 is 46.1 Å². The average Bonchev–Trinajstić information content (AvgIpc) is 3.09. The van der Waals surface area contributed by atoms with Crippen LogP contribution in [0.1, 0.15) is 10.4 Å². The predicted octanol–water partition coefficient (Wildman–Crippen LogP) is 4.14. The second-order valence-corrected chi connectivity index (χ2v) is 6.07. The number of hydrogen-bond donors (Lipinski definition) is 0. The number of hydrogen-bond acceptors (Lipinski definition) is 2. The molecule has 116 valence electrons. The minimum Gasteiger partial charge on any atom is -0.308 e. The number of imidazole rings is 1. The molecule has 0 N–H and O–H groups in total. The highest BCUT2D eigenvalue weighted by atomic mass is 35.5. The summed E-state index contributed by atoms with van der Waals surface area (Å²) in [6, 6.07) is 9.96. The summed E-state index contributed by atoms with van der Waals surface area (Å²) in [6.45, 7) is 1.10. The van der Waals surface area contributed by atoms with Crippen LogP contribution in [0.2, 0.25) is 10.0 Å². The van der Waals surface area contributed by atoms with Gasteiger partial charge in [-0.2, -0.15) is 0 Å². The number of carbonyl (C=O) groups excluding carboxylic acids is 1. The van der Waals surface area contributed by atoms with Crippen molar-refractivity contribution in [3.8, 4) is 0 Å². The van der Waals surface area contributed by atoms with Gasteiger partial charge in [-0.15, -0.1) is 0 Å². The summed E-state index contributed by atoms with van der Waals surface area (Å²) in [6.07, 6.45) is 0. The van der Waals surface area contributed by atoms with Gasteiger partial charge in [-0.1, -0.05) is 35.3 Å². The Morgan fingerprint density at radius 3 is 2.74 bits per heavy atom. The lowest BCUT2D eigenvalue weighted by molar-refractivity contribution is 0.0988. The third-order valence-electron chi connectivity index (χ3n) is 3.91. The maximum Gasteiger partial charge on any atom is 0.262 e. The van der Waals surface area contributed by atoms with Crippen LogP contribution in [0.25, 0.3) is 11.0 Å². The maximum absolute atomic E-state index is 13.7. The Morgan fingerprint density at radius 2 is 1.91 bits per heavy atom. The standard InChI is InChI=1S/C16H10Cl2FN3O/c17-10-8-11(18)12(19)7-9(10)15(23)22-6-5-21-14-4-2-1-3-13(14)20-16(21)22/h1-4,7-8H,5-6H2. The number of amides is 1. The number of halogens is 3. The molecule has 0 bridgehead atoms. The Labute approximate surface area is 141 Å². The number of nitrogens with zero attached hydrogens (tertiary/aromatic N) is 3. The number of rotatable bonds is 1. The highest BCUT2D eigenvalue weighted by molar-refractivity contribution is 6.37. The van der Waals surface area contributed by atoms with Crippen molar-refractivity contribution in [1.82, 2.24) is 9.55 Å². The zero-order valence-corrected chi connectivity index (χ0v) is 13.3. The lowest BCUT2D eigenvalue weighted by Crippen LogP contribution is -2.29. The molecule has 1 aliphatic heterocycles. The number of benzene rings is 2. The quantitative estimate of drug-likeness (QED) is 0.619. The minimum absolute atomic E-state index is 0.0778. The lowest BCUT2D eigenvalue weighted by Gasteiger charge is -2.15. The highest BCUT2D eigenvalue weighted by Gasteiger charge is 2.30. The molecule has 0 radical (unpaired) electrons. The van der Waals surface area contributed by atoms with Gasteiger partial charge in [0.15, 0.2) is 0 Å². The van der Waals surface area contributed by atoms with Crippen molar-refractivity contribution in [2.24, 2.45) is 0 Å². The van der Waals surface area contributed by atoms with Crippen molar-refractivity contribution in [1.29, 1.82) is 0 Å². The van der Waals surface area contributed by atoms with Crippen molar-refractivity contribution in [2.45, 2.75) is 6.54 Å². The third kappa shape index (κ3) is 2.19. The SMILES string of the molecule is O=C(c1cc(F)c(Cl)cc1Cl)N1CCn2c1nc1ccccc12. The highest BCUT2D eigenvalue weighted by Crippen LogP contribution is 2.31. The zero-order valence-electron chi connectivity index (χ0n) is 11.8. The summed E-state index contributed by atoms with van der Waals surface area (Å²) < 4.78 is 15.7. The summed E-state index contributed by atoms with van der Waals surface area (Å²) >= 11 is 11.7. The Hall–Kier alpha value is -2.11. The average molecular weight is 350 g/mol. The van der Waals surface area contributed by atoms with Gasteiger partial charge >= 0.3 is 0 Å². The number of aromatic nitrogens is 2. The topological polar surface area (TPSA) is 38.1 Å². The fraction of sp³-hybridized carbons (Fsp3) is 0.125. The molecule has 4 nitrogen and oxygen atoms in total. The Kier molecular flexibility index (Phi) is 3.28. The summed E-state index contributed by atoms with van der Waals surface area (Å²) in [5, 5.41) is 0.0103. The van der Waals surface area contributed by atoms with Gasteiger partial charge < -0.3 is 4.57 Å². The van der Waals surface area contributed by atoms with Crippen LogP contribution in [0.15, 0.2) is 36.4 Å². The van der Waals surface area contributed by atoms with Crippen LogP contribution >= 0.6 is 23.2 Å². The zero-order chi connectivity index (χ0) is 16.1. The molecule has 4 rings (SSSR count). The fourth-order valence-corrected chi connectivity index (χ4v) is 3.28. The second-order valence-electron chi connectivity index (χ2n) is 5.26. The van der Waals surface area contributed by atoms with Crippen molar-refractivity contribution in [3.05, 3.63) is 57.8 Å². The van der Waals surface area contributed by atoms with Gasteiger partial charge in [-0.3, -0.25) is 9.69 Å². The van der Waals surface area contributed by atoms with Crippen LogP contribution in [0, 0.1) is 5.82 Å². The molecule has 0 unspecified atom stereocenters. The molecule has 0 spiro atoms. The van der Waals surface area contributed by atoms with Gasteiger partial charge in [-0.05, 0) is 24.3 Å². The summed E-state index contributed by atoms with van der Waals surface area (Å²) in [4.78, 5) is 18.8. The van der Waals surface area contributed by atoms with E-state index in [1.165, 1.54) is 11.0 Å². The van der Waals surface area contributed by atoms with E-state index in [9.17, 15) is 9.18 Å². The van der Waals surface area contributed by atoms with E-state index >= 15 is 0 Å². The lowest BCUT2D eigenvalue weighted by atomic mass is 10.2. The molecule has 1 aliphatic rings. The number of carbonyl (C=O) groups is 1. The monoisotopic (exact) mass is 349 g/mol. The van der Waals surface area contributed by atoms with Gasteiger partial charge in [0.25, 0.3) is 5.91 Å². The molecular formula is C16H10Cl2FN3O. The molecule has 1 amide bonds. The van der Waals surface area contributed by atoms with Gasteiger partial charge in [-0.25, -0.2) is 9.37 Å². The summed E-state index contributed by atoms with van der Waals surface area (Å²) in [5.41, 5.74) is 1.86. The van der Waals surface area contributed by atoms with E-state index in [0.29, 0.717) is 19.0 Å². The molecule has 2 aromatic carbocycles. The van der Waals surface area contributed by atoms with Crippen LogP contribution < -0.4 is 4.90 Å². The van der Waals surface area contributed by atoms with Crippen LogP contribution in [0.5, 0.6) is 0 Å². The second kappa shape index (κ2) is 5.22. The first-order valence-electron chi connectivity index (χ1n) is 6.98. The Morgan fingerprint density at radius 1 is 1.13 bits per heavy atom. The summed E-state index contributed by atoms with van der Waals surface area (Å²) in [7, 11) is 0. The van der Waals surface area contributed by atoms with E-state index in [1.54, 1.807) is 0 Å². The van der Waals surface area contributed by atoms with Crippen molar-refractivity contribution < 1.29 is 9.18 Å². The number of anilines is 1. The van der Waals surface area contributed by atoms with Gasteiger partial charge in [0.1, 0.15) is 5.82 Å². The molecular weight excluding hydrogens is 340 g/mol. The molecule has 3 aromatic rings. The first-order valence-corrected chi connectivity index (χ1v) is 7.73. The van der Waals surface area contributed by atoms with Gasteiger partial charge in [0.2, 0.25) is 5.95 Å². The third-order valence-corrected chi connectivity index (χ3v) is 4.51. The molecule has 7 heteroatoms. The number of para-hydroxylation sites is 2. The van der Waals surface area contributed by atoms with E-state index in [0.717, 1.165) is 17.1 Å². The molecule has 0 atom stereocenters. The van der Waals surface area contributed by atoms with Crippen molar-refractivity contribution in [3.63, 3.8) is 0 Å². The van der Waals surface area contributed by atoms with Crippen molar-refractivity contribution in [2.75, 3.05) is 11.4 Å². The first kappa shape index (κ1) is 14.5. The molecule has 1 aromatic heterocycles.